The number of nitrogens with zero attached hydrogens (tertiary/aromatic N) is 1. The van der Waals surface area contributed by atoms with Crippen LogP contribution in [0, 0.1) is 12.7 Å². The van der Waals surface area contributed by atoms with Gasteiger partial charge in [0.1, 0.15) is 10.7 Å². The van der Waals surface area contributed by atoms with E-state index in [2.05, 4.69) is 25.4 Å². The number of carbonyl (C=O) groups is 1. The summed E-state index contributed by atoms with van der Waals surface area (Å²) in [6, 6.07) is 9.73. The van der Waals surface area contributed by atoms with Crippen LogP contribution in [0.15, 0.2) is 62.8 Å². The third-order valence-electron chi connectivity index (χ3n) is 5.55. The highest BCUT2D eigenvalue weighted by atomic mass is 79.9. The van der Waals surface area contributed by atoms with E-state index < -0.39 is 31.8 Å². The largest absolute Gasteiger partial charge is 0.338 e. The third-order valence-corrected chi connectivity index (χ3v) is 9.38. The van der Waals surface area contributed by atoms with Crippen molar-refractivity contribution in [2.24, 2.45) is 0 Å². The first-order valence-corrected chi connectivity index (χ1v) is 15.2. The molecule has 0 aromatic heterocycles. The highest BCUT2D eigenvalue weighted by Crippen LogP contribution is 2.30. The van der Waals surface area contributed by atoms with Gasteiger partial charge in [0.15, 0.2) is 0 Å². The number of nitrogens with one attached hydrogen (secondary N) is 2. The summed E-state index contributed by atoms with van der Waals surface area (Å²) in [5, 5.41) is 0.216. The lowest BCUT2D eigenvalue weighted by molar-refractivity contribution is 0.0648. The van der Waals surface area contributed by atoms with Crippen molar-refractivity contribution in [1.29, 1.82) is 0 Å². The third kappa shape index (κ3) is 6.04. The molecule has 2 N–H and O–H groups in total. The van der Waals surface area contributed by atoms with Crippen molar-refractivity contribution in [2.45, 2.75) is 23.1 Å². The van der Waals surface area contributed by atoms with Gasteiger partial charge >= 0.3 is 0 Å². The molecule has 0 unspecified atom stereocenters. The molecule has 37 heavy (non-hydrogen) atoms. The minimum absolute atomic E-state index is 0.0420. The van der Waals surface area contributed by atoms with Crippen LogP contribution >= 0.6 is 39.1 Å². The van der Waals surface area contributed by atoms with Crippen molar-refractivity contribution in [2.75, 3.05) is 22.5 Å². The average Bonchev–Trinajstić information content (AvgIpc) is 2.75. The number of anilines is 2. The summed E-state index contributed by atoms with van der Waals surface area (Å²) in [6.07, 6.45) is 0.761. The van der Waals surface area contributed by atoms with Crippen molar-refractivity contribution in [3.05, 3.63) is 80.0 Å². The van der Waals surface area contributed by atoms with Gasteiger partial charge in [-0.25, -0.2) is 21.2 Å². The molecule has 8 nitrogen and oxygen atoms in total. The predicted molar refractivity (Wildman–Crippen MR) is 144 cm³/mol. The first-order valence-electron chi connectivity index (χ1n) is 10.7. The van der Waals surface area contributed by atoms with Crippen LogP contribution in [0.4, 0.5) is 15.8 Å². The molecule has 0 aliphatic carbocycles. The maximum Gasteiger partial charge on any atom is 0.262 e. The molecule has 1 aliphatic rings. The minimum atomic E-state index is -4.34. The Labute approximate surface area is 232 Å². The summed E-state index contributed by atoms with van der Waals surface area (Å²) < 4.78 is 71.1. The molecule has 196 valence electrons. The molecule has 3 aromatic rings. The standard InChI is InChI=1S/C23H19BrCl2FN3O5S2/c1-13-7-20(27)19(24)12-21(13)29-37(34,35)22-4-3-16(11-18(22)23(31)30-5-2-6-30)28-36(32,33)17-9-14(25)8-15(26)10-17/h3-4,7-12,28-29H,2,5-6H2,1H3. The lowest BCUT2D eigenvalue weighted by atomic mass is 10.1. The molecule has 0 bridgehead atoms. The number of sulfonamides is 2. The Bertz CT molecular complexity index is 1610. The normalized spacial score (nSPS) is 13.7. The highest BCUT2D eigenvalue weighted by molar-refractivity contribution is 9.10. The summed E-state index contributed by atoms with van der Waals surface area (Å²) >= 11 is 14.9. The number of hydrogen-bond donors (Lipinski definition) is 2. The van der Waals surface area contributed by atoms with E-state index in [-0.39, 0.29) is 41.2 Å². The minimum Gasteiger partial charge on any atom is -0.338 e. The van der Waals surface area contributed by atoms with Crippen LogP contribution < -0.4 is 9.44 Å². The summed E-state index contributed by atoms with van der Waals surface area (Å²) in [6.45, 7) is 2.40. The number of benzene rings is 3. The number of likely N-dealkylation sites (tertiary alicyclic amines) is 1. The molecule has 0 atom stereocenters. The Kier molecular flexibility index (Phi) is 7.78. The molecule has 4 rings (SSSR count). The van der Waals surface area contributed by atoms with E-state index in [9.17, 15) is 26.0 Å². The maximum absolute atomic E-state index is 13.8. The number of amides is 1. The van der Waals surface area contributed by atoms with Crippen LogP contribution in [0.2, 0.25) is 10.0 Å². The second kappa shape index (κ2) is 10.4. The van der Waals surface area contributed by atoms with E-state index in [1.807, 2.05) is 0 Å². The number of rotatable bonds is 7. The lowest BCUT2D eigenvalue weighted by Crippen LogP contribution is -2.42. The average molecular weight is 651 g/mol. The zero-order valence-corrected chi connectivity index (χ0v) is 23.8. The number of halogens is 4. The van der Waals surface area contributed by atoms with Gasteiger partial charge < -0.3 is 4.90 Å². The smallest absolute Gasteiger partial charge is 0.262 e. The van der Waals surface area contributed by atoms with Crippen LogP contribution in [0.5, 0.6) is 0 Å². The molecule has 1 fully saturated rings. The monoisotopic (exact) mass is 649 g/mol. The topological polar surface area (TPSA) is 113 Å². The fourth-order valence-electron chi connectivity index (χ4n) is 3.54. The molecule has 1 amide bonds. The van der Waals surface area contributed by atoms with Crippen LogP contribution in [-0.4, -0.2) is 40.7 Å². The first-order chi connectivity index (χ1) is 17.3. The Balaban J connectivity index is 1.74. The lowest BCUT2D eigenvalue weighted by Gasteiger charge is -2.31. The SMILES string of the molecule is Cc1cc(F)c(Br)cc1NS(=O)(=O)c1ccc(NS(=O)(=O)c2cc(Cl)cc(Cl)c2)cc1C(=O)N1CCC1. The van der Waals surface area contributed by atoms with E-state index in [0.29, 0.717) is 18.7 Å². The van der Waals surface area contributed by atoms with Crippen LogP contribution in [0.1, 0.15) is 22.3 Å². The summed E-state index contributed by atoms with van der Waals surface area (Å²) in [4.78, 5) is 14.0. The Morgan fingerprint density at radius 2 is 1.59 bits per heavy atom. The fourth-order valence-corrected chi connectivity index (χ4v) is 6.96. The number of hydrogen-bond acceptors (Lipinski definition) is 5. The number of aryl methyl sites for hydroxylation is 1. The molecular formula is C23H19BrCl2FN3O5S2. The van der Waals surface area contributed by atoms with Gasteiger partial charge in [-0.2, -0.15) is 0 Å². The van der Waals surface area contributed by atoms with E-state index in [0.717, 1.165) is 24.6 Å². The van der Waals surface area contributed by atoms with Gasteiger partial charge in [-0.05, 0) is 83.4 Å². The van der Waals surface area contributed by atoms with E-state index in [1.54, 1.807) is 0 Å². The Morgan fingerprint density at radius 3 is 2.19 bits per heavy atom. The fraction of sp³-hybridized carbons (Fsp3) is 0.174. The molecule has 3 aromatic carbocycles. The van der Waals surface area contributed by atoms with E-state index in [1.165, 1.54) is 42.2 Å². The number of carbonyl (C=O) groups excluding carboxylic acids is 1. The van der Waals surface area contributed by atoms with Gasteiger partial charge in [0, 0.05) is 28.8 Å². The molecule has 0 saturated carbocycles. The van der Waals surface area contributed by atoms with Gasteiger partial charge in [0.25, 0.3) is 26.0 Å². The zero-order valence-electron chi connectivity index (χ0n) is 19.1. The Hall–Kier alpha value is -2.38. The van der Waals surface area contributed by atoms with E-state index >= 15 is 0 Å². The van der Waals surface area contributed by atoms with Crippen molar-refractivity contribution in [3.63, 3.8) is 0 Å². The Morgan fingerprint density at radius 1 is 0.946 bits per heavy atom. The summed E-state index contributed by atoms with van der Waals surface area (Å²) in [5.74, 6) is -1.14. The first kappa shape index (κ1) is 27.6. The second-order valence-corrected chi connectivity index (χ2v) is 13.3. The predicted octanol–water partition coefficient (Wildman–Crippen LogP) is 5.65. The van der Waals surface area contributed by atoms with Gasteiger partial charge in [0.2, 0.25) is 0 Å². The van der Waals surface area contributed by atoms with Crippen molar-refractivity contribution in [1.82, 2.24) is 4.90 Å². The van der Waals surface area contributed by atoms with Crippen molar-refractivity contribution >= 4 is 76.5 Å². The van der Waals surface area contributed by atoms with Gasteiger partial charge in [-0.1, -0.05) is 23.2 Å². The van der Waals surface area contributed by atoms with Gasteiger partial charge in [0.05, 0.1) is 20.6 Å². The van der Waals surface area contributed by atoms with Crippen molar-refractivity contribution in [3.8, 4) is 0 Å². The van der Waals surface area contributed by atoms with Crippen molar-refractivity contribution < 1.29 is 26.0 Å². The summed E-state index contributed by atoms with van der Waals surface area (Å²) in [7, 11) is -8.51. The summed E-state index contributed by atoms with van der Waals surface area (Å²) in [5.41, 5.74) is 0.165. The van der Waals surface area contributed by atoms with E-state index in [4.69, 9.17) is 23.2 Å². The molecule has 0 spiro atoms. The highest BCUT2D eigenvalue weighted by Gasteiger charge is 2.30. The molecule has 0 radical (unpaired) electrons. The second-order valence-electron chi connectivity index (χ2n) is 8.25. The molecular weight excluding hydrogens is 632 g/mol. The maximum atomic E-state index is 13.8. The zero-order chi connectivity index (χ0) is 27.1. The quantitative estimate of drug-likeness (QED) is 0.343. The van der Waals surface area contributed by atoms with Gasteiger partial charge in [-0.15, -0.1) is 0 Å². The molecule has 1 aliphatic heterocycles. The molecule has 1 saturated heterocycles. The molecule has 1 heterocycles. The van der Waals surface area contributed by atoms with Gasteiger partial charge in [-0.3, -0.25) is 14.2 Å². The van der Waals surface area contributed by atoms with Crippen LogP contribution in [0.3, 0.4) is 0 Å². The molecule has 14 heteroatoms. The van der Waals surface area contributed by atoms with Crippen LogP contribution in [0.25, 0.3) is 0 Å². The van der Waals surface area contributed by atoms with Crippen LogP contribution in [-0.2, 0) is 20.0 Å².